The number of thiophene rings is 1. The van der Waals surface area contributed by atoms with E-state index in [2.05, 4.69) is 83.3 Å². The van der Waals surface area contributed by atoms with Gasteiger partial charge in [0.05, 0.1) is 11.7 Å². The summed E-state index contributed by atoms with van der Waals surface area (Å²) in [5, 5.41) is 6.41. The zero-order chi connectivity index (χ0) is 28.7. The van der Waals surface area contributed by atoms with Crippen molar-refractivity contribution in [3.05, 3.63) is 46.2 Å². The molecule has 0 radical (unpaired) electrons. The van der Waals surface area contributed by atoms with Crippen LogP contribution in [-0.2, 0) is 6.42 Å². The molecule has 1 saturated heterocycles. The van der Waals surface area contributed by atoms with Crippen LogP contribution in [0.25, 0.3) is 10.2 Å². The van der Waals surface area contributed by atoms with Gasteiger partial charge >= 0.3 is 0 Å². The molecular weight excluding hydrogens is 504 g/mol. The highest BCUT2D eigenvalue weighted by Crippen LogP contribution is 2.42. The van der Waals surface area contributed by atoms with E-state index < -0.39 is 0 Å². The molecule has 4 heterocycles. The van der Waals surface area contributed by atoms with Crippen LogP contribution in [0.15, 0.2) is 24.3 Å². The number of amides is 1. The molecule has 5 rings (SSSR count). The Labute approximate surface area is 240 Å². The lowest BCUT2D eigenvalue weighted by Crippen LogP contribution is -2.92. The maximum atomic E-state index is 15.8. The number of nitrogens with one attached hydrogen (secondary N) is 2. The molecule has 1 amide bonds. The first-order chi connectivity index (χ1) is 18.0. The molecular formula is C22H32B8FN5O2S. The van der Waals surface area contributed by atoms with Crippen LogP contribution < -0.4 is 26.0 Å². The van der Waals surface area contributed by atoms with Gasteiger partial charge in [0.1, 0.15) is 90.7 Å². The van der Waals surface area contributed by atoms with Gasteiger partial charge in [-0.2, -0.15) is 0 Å². The van der Waals surface area contributed by atoms with Crippen LogP contribution in [0, 0.1) is 12.7 Å². The van der Waals surface area contributed by atoms with Crippen molar-refractivity contribution in [3.8, 4) is 5.75 Å². The van der Waals surface area contributed by atoms with Gasteiger partial charge < -0.3 is 26.0 Å². The summed E-state index contributed by atoms with van der Waals surface area (Å²) in [7, 11) is 17.5. The van der Waals surface area contributed by atoms with E-state index in [1.54, 1.807) is 6.07 Å². The minimum Gasteiger partial charge on any atom is -0.491 e. The summed E-state index contributed by atoms with van der Waals surface area (Å²) < 4.78 is 21.9. The van der Waals surface area contributed by atoms with E-state index in [1.807, 2.05) is 25.1 Å². The fraction of sp³-hybridized carbons (Fsp3) is 0.364. The number of halogens is 1. The molecule has 0 unspecified atom stereocenters. The van der Waals surface area contributed by atoms with Crippen molar-refractivity contribution in [2.45, 2.75) is 40.7 Å². The summed E-state index contributed by atoms with van der Waals surface area (Å²) in [4.78, 5) is 21.1. The zero-order valence-corrected chi connectivity index (χ0v) is 25.2. The largest absolute Gasteiger partial charge is 0.491 e. The Morgan fingerprint density at radius 2 is 1.79 bits per heavy atom. The summed E-state index contributed by atoms with van der Waals surface area (Å²) >= 11 is 1.27. The number of ether oxygens (including phenoxy) is 1. The number of nitrogens with zero attached hydrogens (tertiary/aromatic N) is 2. The van der Waals surface area contributed by atoms with Gasteiger partial charge in [-0.1, -0.05) is 0 Å². The average molecular weight is 536 g/mol. The number of benzene rings is 1. The molecule has 2 aliphatic heterocycles. The van der Waals surface area contributed by atoms with Gasteiger partial charge in [-0.3, -0.25) is 4.79 Å². The first kappa shape index (κ1) is 28.1. The summed E-state index contributed by atoms with van der Waals surface area (Å²) in [5.41, 5.74) is 8.81. The molecule has 1 fully saturated rings. The Bertz CT molecular complexity index is 1470. The lowest BCUT2D eigenvalue weighted by molar-refractivity contribution is 0.0919. The summed E-state index contributed by atoms with van der Waals surface area (Å²) in [6.07, 6.45) is 0.334. The van der Waals surface area contributed by atoms with Crippen LogP contribution in [0.5, 0.6) is 5.75 Å². The average Bonchev–Trinajstić information content (AvgIpc) is 3.13. The highest BCUT2D eigenvalue weighted by atomic mass is 32.1. The molecule has 3 aromatic rings. The number of hydrogen-bond donors (Lipinski definition) is 3. The van der Waals surface area contributed by atoms with Crippen LogP contribution in [0.2, 0.25) is 0 Å². The number of carbonyl (C=O) groups is 1. The van der Waals surface area contributed by atoms with E-state index in [4.69, 9.17) is 10.5 Å². The van der Waals surface area contributed by atoms with E-state index in [9.17, 15) is 4.79 Å². The van der Waals surface area contributed by atoms with Crippen LogP contribution >= 0.6 is 11.3 Å². The maximum absolute atomic E-state index is 15.8. The number of piperazine rings is 1. The predicted octanol–water partition coefficient (Wildman–Crippen LogP) is -5.85. The minimum atomic E-state index is -0.380. The molecule has 17 heteroatoms. The highest BCUT2D eigenvalue weighted by Gasteiger charge is 2.57. The molecule has 0 aliphatic carbocycles. The highest BCUT2D eigenvalue weighted by molar-refractivity contribution is 7.21. The van der Waals surface area contributed by atoms with E-state index in [0.29, 0.717) is 28.3 Å². The topological polar surface area (TPSA) is 92.5 Å². The van der Waals surface area contributed by atoms with Crippen LogP contribution in [0.3, 0.4) is 0 Å². The third kappa shape index (κ3) is 4.40. The summed E-state index contributed by atoms with van der Waals surface area (Å²) in [6, 6.07) is 6.95. The van der Waals surface area contributed by atoms with Crippen molar-refractivity contribution in [1.82, 2.24) is 15.6 Å². The third-order valence-corrected chi connectivity index (χ3v) is 10.5. The lowest BCUT2D eigenvalue weighted by atomic mass is 9.27. The number of nitrogen functional groups attached to an aromatic ring is 1. The molecule has 0 saturated carbocycles. The lowest BCUT2D eigenvalue weighted by Gasteiger charge is -2.70. The Kier molecular flexibility index (Phi) is 6.54. The van der Waals surface area contributed by atoms with Crippen molar-refractivity contribution >= 4 is 102 Å². The second kappa shape index (κ2) is 9.06. The normalized spacial score (nSPS) is 22.5. The molecule has 0 bridgehead atoms. The quantitative estimate of drug-likeness (QED) is 0.289. The standard InChI is InChI=1S/C22H32B8FN5O2S/c1-8-2-3-11-15(32)16(39-18(11)33-8)17(37)34-9-4-12-13(31)5-10(6-14(12)38-7-9)36-21(27,28)19(23,24)35-20(25,26)22(36,29)30/h2-3,5-6,9,35H,4,7,23-30,32H2,1H3,(H,34,37)/t9-/m1/s1. The fourth-order valence-electron chi connectivity index (χ4n) is 6.14. The second-order valence-corrected chi connectivity index (χ2v) is 14.1. The molecule has 0 spiro atoms. The van der Waals surface area contributed by atoms with Crippen molar-refractivity contribution in [2.24, 2.45) is 0 Å². The van der Waals surface area contributed by atoms with Crippen LogP contribution in [0.1, 0.15) is 20.9 Å². The number of anilines is 2. The molecule has 7 nitrogen and oxygen atoms in total. The molecule has 4 N–H and O–H groups in total. The predicted molar refractivity (Wildman–Crippen MR) is 181 cm³/mol. The fourth-order valence-corrected chi connectivity index (χ4v) is 7.18. The van der Waals surface area contributed by atoms with Gasteiger partial charge in [0.25, 0.3) is 5.91 Å². The van der Waals surface area contributed by atoms with Gasteiger partial charge in [0.2, 0.25) is 0 Å². The number of rotatable bonds is 3. The maximum Gasteiger partial charge on any atom is 0.263 e. The van der Waals surface area contributed by atoms with Gasteiger partial charge in [0.15, 0.2) is 0 Å². The molecule has 2 aromatic heterocycles. The number of nitrogens with two attached hydrogens (primary N) is 1. The Hall–Kier alpha value is -2.39. The smallest absolute Gasteiger partial charge is 0.263 e. The molecule has 1 atom stereocenters. The van der Waals surface area contributed by atoms with Crippen molar-refractivity contribution in [1.29, 1.82) is 0 Å². The van der Waals surface area contributed by atoms with Crippen molar-refractivity contribution in [3.63, 3.8) is 0 Å². The van der Waals surface area contributed by atoms with Crippen molar-refractivity contribution < 1.29 is 13.9 Å². The molecule has 194 valence electrons. The molecule has 2 aliphatic rings. The number of carbonyl (C=O) groups excluding carboxylic acids is 1. The SMILES string of the molecule is BC1(B)NC(B)(B)C(B)(B)N(c2cc(F)c3c(c2)OC[C@H](NC(=O)c2sc4nc(C)ccc4c2N)C3)C1(B)B. The third-order valence-electron chi connectivity index (χ3n) is 9.36. The van der Waals surface area contributed by atoms with E-state index in [0.717, 1.165) is 21.6 Å². The molecule has 1 aromatic carbocycles. The summed E-state index contributed by atoms with van der Waals surface area (Å²) in [5.74, 6) is -0.100. The zero-order valence-electron chi connectivity index (χ0n) is 24.4. The van der Waals surface area contributed by atoms with E-state index in [-0.39, 0.29) is 45.7 Å². The van der Waals surface area contributed by atoms with Gasteiger partial charge in [0, 0.05) is 34.8 Å². The summed E-state index contributed by atoms with van der Waals surface area (Å²) in [6.45, 7) is 2.15. The Balaban J connectivity index is 1.42. The first-order valence-corrected chi connectivity index (χ1v) is 14.3. The first-order valence-electron chi connectivity index (χ1n) is 13.5. The van der Waals surface area contributed by atoms with Gasteiger partial charge in [-0.15, -0.1) is 11.3 Å². The number of aromatic nitrogens is 1. The van der Waals surface area contributed by atoms with Crippen LogP contribution in [0.4, 0.5) is 15.8 Å². The Morgan fingerprint density at radius 1 is 1.15 bits per heavy atom. The van der Waals surface area contributed by atoms with Crippen molar-refractivity contribution in [2.75, 3.05) is 17.2 Å². The number of fused-ring (bicyclic) bond motifs is 2. The number of aryl methyl sites for hydroxylation is 1. The van der Waals surface area contributed by atoms with E-state index >= 15 is 4.39 Å². The van der Waals surface area contributed by atoms with E-state index in [1.165, 1.54) is 11.3 Å². The monoisotopic (exact) mass is 537 g/mol. The second-order valence-electron chi connectivity index (χ2n) is 13.1. The van der Waals surface area contributed by atoms with Crippen LogP contribution in [-0.4, -0.2) is 108 Å². The van der Waals surface area contributed by atoms with Gasteiger partial charge in [-0.25, -0.2) is 9.37 Å². The minimum absolute atomic E-state index is 0.245. The Morgan fingerprint density at radius 3 is 2.44 bits per heavy atom. The van der Waals surface area contributed by atoms with Gasteiger partial charge in [-0.05, 0) is 46.5 Å². The molecule has 39 heavy (non-hydrogen) atoms. The number of hydrogen-bond acceptors (Lipinski definition) is 7. The number of pyridine rings is 1.